The number of carbonyl (C=O) groups is 3. The van der Waals surface area contributed by atoms with Crippen LogP contribution < -0.4 is 10.9 Å². The van der Waals surface area contributed by atoms with E-state index in [0.717, 1.165) is 12.1 Å². The first-order chi connectivity index (χ1) is 9.52. The molecule has 0 bridgehead atoms. The summed E-state index contributed by atoms with van der Waals surface area (Å²) in [5.41, 5.74) is 4.52. The zero-order chi connectivity index (χ0) is 15.0. The highest BCUT2D eigenvalue weighted by Crippen LogP contribution is 2.01. The molecule has 2 amide bonds. The number of rotatable bonds is 5. The number of hydrogen-bond acceptors (Lipinski definition) is 4. The van der Waals surface area contributed by atoms with Gasteiger partial charge in [0.15, 0.2) is 0 Å². The highest BCUT2D eigenvalue weighted by molar-refractivity contribution is 5.95. The molecular weight excluding hydrogens is 267 g/mol. The molecule has 0 aliphatic heterocycles. The largest absolute Gasteiger partial charge is 0.466 e. The van der Waals surface area contributed by atoms with E-state index in [9.17, 15) is 18.8 Å². The van der Waals surface area contributed by atoms with Crippen molar-refractivity contribution in [3.05, 3.63) is 35.6 Å². The normalized spacial score (nSPS) is 9.70. The second-order valence-electron chi connectivity index (χ2n) is 3.81. The van der Waals surface area contributed by atoms with Crippen LogP contribution in [0.15, 0.2) is 24.3 Å². The second-order valence-corrected chi connectivity index (χ2v) is 3.81. The van der Waals surface area contributed by atoms with Crippen molar-refractivity contribution in [2.45, 2.75) is 19.8 Å². The molecule has 0 atom stereocenters. The van der Waals surface area contributed by atoms with Gasteiger partial charge in [0.25, 0.3) is 5.91 Å². The van der Waals surface area contributed by atoms with E-state index in [0.29, 0.717) is 0 Å². The third-order valence-corrected chi connectivity index (χ3v) is 2.28. The van der Waals surface area contributed by atoms with Crippen molar-refractivity contribution >= 4 is 17.8 Å². The van der Waals surface area contributed by atoms with Gasteiger partial charge in [0.2, 0.25) is 5.91 Å². The van der Waals surface area contributed by atoms with Gasteiger partial charge in [0.1, 0.15) is 5.82 Å². The van der Waals surface area contributed by atoms with Crippen LogP contribution in [-0.4, -0.2) is 24.4 Å². The number of amides is 2. The minimum absolute atomic E-state index is 0.0634. The Labute approximate surface area is 115 Å². The van der Waals surface area contributed by atoms with Crippen LogP contribution >= 0.6 is 0 Å². The van der Waals surface area contributed by atoms with Gasteiger partial charge in [-0.1, -0.05) is 0 Å². The van der Waals surface area contributed by atoms with Gasteiger partial charge >= 0.3 is 5.97 Å². The standard InChI is InChI=1S/C13H15FN2O4/c1-2-20-12(18)8-7-11(17)15-16-13(19)9-3-5-10(14)6-4-9/h3-6H,2,7-8H2,1H3,(H,15,17)(H,16,19). The Morgan fingerprint density at radius 3 is 2.35 bits per heavy atom. The summed E-state index contributed by atoms with van der Waals surface area (Å²) in [4.78, 5) is 33.9. The minimum atomic E-state index is -0.575. The summed E-state index contributed by atoms with van der Waals surface area (Å²) in [6.45, 7) is 1.92. The molecule has 0 saturated heterocycles. The second kappa shape index (κ2) is 7.88. The first-order valence-electron chi connectivity index (χ1n) is 6.03. The summed E-state index contributed by atoms with van der Waals surface area (Å²) in [6.07, 6.45) is -0.158. The highest BCUT2D eigenvalue weighted by Gasteiger charge is 2.09. The SMILES string of the molecule is CCOC(=O)CCC(=O)NNC(=O)c1ccc(F)cc1. The van der Waals surface area contributed by atoms with Crippen LogP contribution in [0.4, 0.5) is 4.39 Å². The summed E-state index contributed by atoms with van der Waals surface area (Å²) in [7, 11) is 0. The number of nitrogens with one attached hydrogen (secondary N) is 2. The molecule has 0 aromatic heterocycles. The maximum atomic E-state index is 12.7. The molecule has 108 valence electrons. The summed E-state index contributed by atoms with van der Waals surface area (Å²) in [5, 5.41) is 0. The number of esters is 1. The van der Waals surface area contributed by atoms with Gasteiger partial charge in [-0.2, -0.15) is 0 Å². The van der Waals surface area contributed by atoms with Crippen molar-refractivity contribution in [3.8, 4) is 0 Å². The van der Waals surface area contributed by atoms with Gasteiger partial charge in [0.05, 0.1) is 13.0 Å². The molecule has 7 heteroatoms. The fraction of sp³-hybridized carbons (Fsp3) is 0.308. The molecule has 1 aromatic carbocycles. The molecule has 0 aliphatic rings. The molecular formula is C13H15FN2O4. The Balaban J connectivity index is 2.32. The lowest BCUT2D eigenvalue weighted by Gasteiger charge is -2.07. The van der Waals surface area contributed by atoms with E-state index >= 15 is 0 Å². The van der Waals surface area contributed by atoms with Gasteiger partial charge in [-0.05, 0) is 31.2 Å². The minimum Gasteiger partial charge on any atom is -0.466 e. The molecule has 1 rings (SSSR count). The van der Waals surface area contributed by atoms with Gasteiger partial charge in [0, 0.05) is 12.0 Å². The molecule has 6 nitrogen and oxygen atoms in total. The highest BCUT2D eigenvalue weighted by atomic mass is 19.1. The number of hydrazine groups is 1. The van der Waals surface area contributed by atoms with E-state index in [2.05, 4.69) is 15.6 Å². The molecule has 0 heterocycles. The molecule has 0 unspecified atom stereocenters. The smallest absolute Gasteiger partial charge is 0.306 e. The Morgan fingerprint density at radius 2 is 1.75 bits per heavy atom. The summed E-state index contributed by atoms with van der Waals surface area (Å²) < 4.78 is 17.3. The average molecular weight is 282 g/mol. The van der Waals surface area contributed by atoms with Crippen molar-refractivity contribution in [2.75, 3.05) is 6.61 Å². The molecule has 0 aliphatic carbocycles. The Kier molecular flexibility index (Phi) is 6.15. The zero-order valence-electron chi connectivity index (χ0n) is 10.9. The summed E-state index contributed by atoms with van der Waals surface area (Å²) in [5.74, 6) is -2.03. The van der Waals surface area contributed by atoms with E-state index in [1.165, 1.54) is 12.1 Å². The summed E-state index contributed by atoms with van der Waals surface area (Å²) >= 11 is 0. The maximum absolute atomic E-state index is 12.7. The average Bonchev–Trinajstić information content (AvgIpc) is 2.43. The molecule has 1 aromatic rings. The molecule has 0 spiro atoms. The quantitative estimate of drug-likeness (QED) is 0.621. The van der Waals surface area contributed by atoms with Gasteiger partial charge in [-0.15, -0.1) is 0 Å². The van der Waals surface area contributed by atoms with Crippen LogP contribution in [0.2, 0.25) is 0 Å². The van der Waals surface area contributed by atoms with Crippen LogP contribution in [0.25, 0.3) is 0 Å². The number of benzene rings is 1. The molecule has 0 radical (unpaired) electrons. The Hall–Kier alpha value is -2.44. The predicted molar refractivity (Wildman–Crippen MR) is 67.9 cm³/mol. The third kappa shape index (κ3) is 5.47. The van der Waals surface area contributed by atoms with Crippen LogP contribution in [0.3, 0.4) is 0 Å². The van der Waals surface area contributed by atoms with Gasteiger partial charge < -0.3 is 4.74 Å². The van der Waals surface area contributed by atoms with Crippen LogP contribution in [0, 0.1) is 5.82 Å². The van der Waals surface area contributed by atoms with E-state index in [1.807, 2.05) is 0 Å². The van der Waals surface area contributed by atoms with Crippen molar-refractivity contribution in [1.82, 2.24) is 10.9 Å². The lowest BCUT2D eigenvalue weighted by atomic mass is 10.2. The van der Waals surface area contributed by atoms with Crippen molar-refractivity contribution < 1.29 is 23.5 Å². The zero-order valence-corrected chi connectivity index (χ0v) is 10.9. The fourth-order valence-electron chi connectivity index (χ4n) is 1.31. The van der Waals surface area contributed by atoms with Crippen LogP contribution in [0.1, 0.15) is 30.1 Å². The molecule has 0 fully saturated rings. The predicted octanol–water partition coefficient (Wildman–Crippen LogP) is 0.930. The monoisotopic (exact) mass is 282 g/mol. The lowest BCUT2D eigenvalue weighted by molar-refractivity contribution is -0.144. The fourth-order valence-corrected chi connectivity index (χ4v) is 1.31. The van der Waals surface area contributed by atoms with Crippen molar-refractivity contribution in [3.63, 3.8) is 0 Å². The molecule has 0 saturated carbocycles. The number of hydrogen-bond donors (Lipinski definition) is 2. The number of halogens is 1. The third-order valence-electron chi connectivity index (χ3n) is 2.28. The van der Waals surface area contributed by atoms with E-state index in [4.69, 9.17) is 0 Å². The van der Waals surface area contributed by atoms with Gasteiger partial charge in [-0.3, -0.25) is 25.2 Å². The number of ether oxygens (including phenoxy) is 1. The van der Waals surface area contributed by atoms with E-state index in [-0.39, 0.29) is 25.0 Å². The van der Waals surface area contributed by atoms with E-state index < -0.39 is 23.6 Å². The van der Waals surface area contributed by atoms with Crippen LogP contribution in [0.5, 0.6) is 0 Å². The number of carbonyl (C=O) groups excluding carboxylic acids is 3. The Morgan fingerprint density at radius 1 is 1.10 bits per heavy atom. The summed E-state index contributed by atoms with van der Waals surface area (Å²) in [6, 6.07) is 4.85. The van der Waals surface area contributed by atoms with Crippen molar-refractivity contribution in [1.29, 1.82) is 0 Å². The molecule has 2 N–H and O–H groups in total. The van der Waals surface area contributed by atoms with Crippen molar-refractivity contribution in [2.24, 2.45) is 0 Å². The Bertz CT molecular complexity index is 488. The topological polar surface area (TPSA) is 84.5 Å². The molecule has 20 heavy (non-hydrogen) atoms. The van der Waals surface area contributed by atoms with Crippen LogP contribution in [-0.2, 0) is 14.3 Å². The lowest BCUT2D eigenvalue weighted by Crippen LogP contribution is -2.41. The van der Waals surface area contributed by atoms with Gasteiger partial charge in [-0.25, -0.2) is 4.39 Å². The first-order valence-corrected chi connectivity index (χ1v) is 6.03. The van der Waals surface area contributed by atoms with E-state index in [1.54, 1.807) is 6.92 Å². The first kappa shape index (κ1) is 15.6. The maximum Gasteiger partial charge on any atom is 0.306 e.